The maximum atomic E-state index is 11.0. The maximum absolute atomic E-state index is 11.0. The van der Waals surface area contributed by atoms with Crippen molar-refractivity contribution in [3.8, 4) is 0 Å². The molecular formula is C10H18O2. The van der Waals surface area contributed by atoms with Crippen molar-refractivity contribution in [2.45, 2.75) is 45.6 Å². The maximum Gasteiger partial charge on any atom is 0.306 e. The van der Waals surface area contributed by atoms with E-state index in [0.717, 1.165) is 19.3 Å². The zero-order valence-corrected chi connectivity index (χ0v) is 8.01. The number of carbonyl (C=O) groups is 1. The van der Waals surface area contributed by atoms with Crippen LogP contribution < -0.4 is 0 Å². The molecule has 0 saturated carbocycles. The summed E-state index contributed by atoms with van der Waals surface area (Å²) in [6.45, 7) is 7.45. The van der Waals surface area contributed by atoms with Gasteiger partial charge in [-0.05, 0) is 13.3 Å². The highest BCUT2D eigenvalue weighted by atomic mass is 16.5. The Morgan fingerprint density at radius 2 is 2.25 bits per heavy atom. The van der Waals surface area contributed by atoms with E-state index in [1.165, 1.54) is 0 Å². The number of carbonyl (C=O) groups excluding carboxylic acids is 1. The minimum Gasteiger partial charge on any atom is -0.458 e. The van der Waals surface area contributed by atoms with Crippen LogP contribution in [0.25, 0.3) is 0 Å². The molecule has 0 heterocycles. The lowest BCUT2D eigenvalue weighted by Gasteiger charge is -2.07. The van der Waals surface area contributed by atoms with Crippen molar-refractivity contribution in [2.24, 2.45) is 0 Å². The SMILES string of the molecule is C=CC(C)OC(=O)CCCCC. The van der Waals surface area contributed by atoms with E-state index in [1.807, 2.05) is 6.92 Å². The van der Waals surface area contributed by atoms with E-state index < -0.39 is 0 Å². The molecule has 0 aliphatic rings. The van der Waals surface area contributed by atoms with Gasteiger partial charge in [0.2, 0.25) is 0 Å². The van der Waals surface area contributed by atoms with Crippen LogP contribution in [0.1, 0.15) is 39.5 Å². The molecule has 0 N–H and O–H groups in total. The third kappa shape index (κ3) is 5.96. The Hall–Kier alpha value is -0.790. The molecule has 0 bridgehead atoms. The smallest absolute Gasteiger partial charge is 0.306 e. The highest BCUT2D eigenvalue weighted by Gasteiger charge is 2.04. The summed E-state index contributed by atoms with van der Waals surface area (Å²) in [5, 5.41) is 0. The summed E-state index contributed by atoms with van der Waals surface area (Å²) in [7, 11) is 0. The van der Waals surface area contributed by atoms with E-state index in [-0.39, 0.29) is 12.1 Å². The number of rotatable bonds is 6. The molecule has 1 unspecified atom stereocenters. The summed E-state index contributed by atoms with van der Waals surface area (Å²) in [5.41, 5.74) is 0. The molecule has 0 aromatic carbocycles. The van der Waals surface area contributed by atoms with Crippen molar-refractivity contribution < 1.29 is 9.53 Å². The average Bonchev–Trinajstić information content (AvgIpc) is 2.05. The fourth-order valence-corrected chi connectivity index (χ4v) is 0.834. The van der Waals surface area contributed by atoms with Gasteiger partial charge in [-0.1, -0.05) is 32.4 Å². The summed E-state index contributed by atoms with van der Waals surface area (Å²) in [4.78, 5) is 11.0. The summed E-state index contributed by atoms with van der Waals surface area (Å²) >= 11 is 0. The fraction of sp³-hybridized carbons (Fsp3) is 0.700. The molecule has 70 valence electrons. The molecule has 0 rings (SSSR count). The van der Waals surface area contributed by atoms with Crippen LogP contribution in [-0.4, -0.2) is 12.1 Å². The molecule has 12 heavy (non-hydrogen) atoms. The van der Waals surface area contributed by atoms with Crippen LogP contribution in [0.2, 0.25) is 0 Å². The zero-order chi connectivity index (χ0) is 9.40. The molecule has 0 aliphatic carbocycles. The van der Waals surface area contributed by atoms with Crippen LogP contribution in [0.4, 0.5) is 0 Å². The first-order valence-electron chi connectivity index (χ1n) is 4.52. The van der Waals surface area contributed by atoms with Gasteiger partial charge >= 0.3 is 5.97 Å². The minimum atomic E-state index is -0.154. The molecule has 0 fully saturated rings. The lowest BCUT2D eigenvalue weighted by molar-refractivity contribution is -0.146. The van der Waals surface area contributed by atoms with Gasteiger partial charge in [0.15, 0.2) is 0 Å². The molecule has 1 atom stereocenters. The van der Waals surface area contributed by atoms with Gasteiger partial charge in [0, 0.05) is 6.42 Å². The Bertz CT molecular complexity index is 141. The monoisotopic (exact) mass is 170 g/mol. The molecule has 2 heteroatoms. The number of ether oxygens (including phenoxy) is 1. The lowest BCUT2D eigenvalue weighted by atomic mass is 10.2. The average molecular weight is 170 g/mol. The molecular weight excluding hydrogens is 152 g/mol. The van der Waals surface area contributed by atoms with Gasteiger partial charge in [0.1, 0.15) is 6.10 Å². The highest BCUT2D eigenvalue weighted by molar-refractivity contribution is 5.69. The van der Waals surface area contributed by atoms with E-state index in [4.69, 9.17) is 4.74 Å². The van der Waals surface area contributed by atoms with E-state index >= 15 is 0 Å². The van der Waals surface area contributed by atoms with Crippen LogP contribution in [0, 0.1) is 0 Å². The number of hydrogen-bond donors (Lipinski definition) is 0. The first-order chi connectivity index (χ1) is 5.70. The van der Waals surface area contributed by atoms with Crippen LogP contribution in [0.3, 0.4) is 0 Å². The first kappa shape index (κ1) is 11.2. The molecule has 0 spiro atoms. The topological polar surface area (TPSA) is 26.3 Å². The van der Waals surface area contributed by atoms with E-state index in [9.17, 15) is 4.79 Å². The van der Waals surface area contributed by atoms with E-state index in [2.05, 4.69) is 13.5 Å². The first-order valence-corrected chi connectivity index (χ1v) is 4.52. The van der Waals surface area contributed by atoms with Gasteiger partial charge in [0.05, 0.1) is 0 Å². The van der Waals surface area contributed by atoms with Gasteiger partial charge in [-0.15, -0.1) is 0 Å². The fourth-order valence-electron chi connectivity index (χ4n) is 0.834. The van der Waals surface area contributed by atoms with Crippen molar-refractivity contribution in [3.63, 3.8) is 0 Å². The Balaban J connectivity index is 3.39. The van der Waals surface area contributed by atoms with Crippen LogP contribution in [0.15, 0.2) is 12.7 Å². The molecule has 0 aromatic heterocycles. The standard InChI is InChI=1S/C10H18O2/c1-4-6-7-8-10(11)12-9(3)5-2/h5,9H,2,4,6-8H2,1,3H3. The van der Waals surface area contributed by atoms with Gasteiger partial charge in [0.25, 0.3) is 0 Å². The molecule has 0 amide bonds. The van der Waals surface area contributed by atoms with Crippen LogP contribution in [0.5, 0.6) is 0 Å². The van der Waals surface area contributed by atoms with Crippen LogP contribution in [-0.2, 0) is 9.53 Å². The Kier molecular flexibility index (Phi) is 6.44. The molecule has 0 radical (unpaired) electrons. The zero-order valence-electron chi connectivity index (χ0n) is 8.01. The van der Waals surface area contributed by atoms with Crippen molar-refractivity contribution in [2.75, 3.05) is 0 Å². The number of hydrogen-bond acceptors (Lipinski definition) is 2. The summed E-state index contributed by atoms with van der Waals surface area (Å²) in [6, 6.07) is 0. The molecule has 2 nitrogen and oxygen atoms in total. The summed E-state index contributed by atoms with van der Waals surface area (Å²) < 4.78 is 4.99. The Morgan fingerprint density at radius 1 is 1.58 bits per heavy atom. The van der Waals surface area contributed by atoms with Gasteiger partial charge in [-0.2, -0.15) is 0 Å². The molecule has 0 aliphatic heterocycles. The Morgan fingerprint density at radius 3 is 2.75 bits per heavy atom. The summed E-state index contributed by atoms with van der Waals surface area (Å²) in [6.07, 6.45) is 5.16. The second-order valence-corrected chi connectivity index (χ2v) is 2.89. The third-order valence-corrected chi connectivity index (χ3v) is 1.63. The third-order valence-electron chi connectivity index (χ3n) is 1.63. The van der Waals surface area contributed by atoms with Crippen molar-refractivity contribution in [1.82, 2.24) is 0 Å². The Labute approximate surface area is 74.6 Å². The normalized spacial score (nSPS) is 12.2. The predicted molar refractivity (Wildman–Crippen MR) is 49.9 cm³/mol. The quantitative estimate of drug-likeness (QED) is 0.348. The lowest BCUT2D eigenvalue weighted by Crippen LogP contribution is -2.11. The second kappa shape index (κ2) is 6.89. The summed E-state index contributed by atoms with van der Waals surface area (Å²) in [5.74, 6) is -0.115. The van der Waals surface area contributed by atoms with Crippen molar-refractivity contribution in [1.29, 1.82) is 0 Å². The van der Waals surface area contributed by atoms with Gasteiger partial charge < -0.3 is 4.74 Å². The molecule has 0 saturated heterocycles. The highest BCUT2D eigenvalue weighted by Crippen LogP contribution is 2.02. The number of unbranched alkanes of at least 4 members (excludes halogenated alkanes) is 2. The number of esters is 1. The van der Waals surface area contributed by atoms with E-state index in [1.54, 1.807) is 6.08 Å². The molecule has 0 aromatic rings. The largest absolute Gasteiger partial charge is 0.458 e. The van der Waals surface area contributed by atoms with Gasteiger partial charge in [-0.25, -0.2) is 0 Å². The van der Waals surface area contributed by atoms with Crippen molar-refractivity contribution in [3.05, 3.63) is 12.7 Å². The predicted octanol–water partition coefficient (Wildman–Crippen LogP) is 2.68. The van der Waals surface area contributed by atoms with Crippen LogP contribution >= 0.6 is 0 Å². The second-order valence-electron chi connectivity index (χ2n) is 2.89. The minimum absolute atomic E-state index is 0.115. The van der Waals surface area contributed by atoms with Gasteiger partial charge in [-0.3, -0.25) is 4.79 Å². The van der Waals surface area contributed by atoms with Crippen molar-refractivity contribution >= 4 is 5.97 Å². The van der Waals surface area contributed by atoms with E-state index in [0.29, 0.717) is 6.42 Å².